The number of rotatable bonds is 4. The lowest BCUT2D eigenvalue weighted by molar-refractivity contribution is 0.0934. The third-order valence-corrected chi connectivity index (χ3v) is 6.70. The Morgan fingerprint density at radius 2 is 1.68 bits per heavy atom. The molecular weight excluding hydrogens is 464 g/mol. The van der Waals surface area contributed by atoms with Crippen molar-refractivity contribution in [1.82, 2.24) is 30.0 Å². The highest BCUT2D eigenvalue weighted by Crippen LogP contribution is 2.29. The van der Waals surface area contributed by atoms with Crippen molar-refractivity contribution in [3.05, 3.63) is 107 Å². The highest BCUT2D eigenvalue weighted by Gasteiger charge is 2.27. The fourth-order valence-electron chi connectivity index (χ4n) is 4.88. The molecule has 182 valence electrons. The van der Waals surface area contributed by atoms with Crippen LogP contribution in [0.3, 0.4) is 0 Å². The maximum atomic E-state index is 14.0. The normalized spacial score (nSPS) is 15.1. The van der Waals surface area contributed by atoms with Crippen LogP contribution in [-0.2, 0) is 6.54 Å². The number of hydrogen-bond acceptors (Lipinski definition) is 6. The van der Waals surface area contributed by atoms with Gasteiger partial charge in [0.1, 0.15) is 11.5 Å². The molecule has 0 aliphatic carbocycles. The predicted molar refractivity (Wildman–Crippen MR) is 141 cm³/mol. The lowest BCUT2D eigenvalue weighted by Gasteiger charge is -2.21. The van der Waals surface area contributed by atoms with Crippen LogP contribution in [0.15, 0.2) is 90.0 Å². The Hall–Kier alpha value is -4.72. The summed E-state index contributed by atoms with van der Waals surface area (Å²) >= 11 is 0. The van der Waals surface area contributed by atoms with E-state index in [4.69, 9.17) is 4.98 Å². The average Bonchev–Trinajstić information content (AvgIpc) is 3.15. The Bertz CT molecular complexity index is 1650. The van der Waals surface area contributed by atoms with Crippen LogP contribution in [0, 0.1) is 0 Å². The fourth-order valence-corrected chi connectivity index (χ4v) is 4.88. The minimum Gasteiger partial charge on any atom is -0.342 e. The van der Waals surface area contributed by atoms with E-state index in [0.29, 0.717) is 41.3 Å². The van der Waals surface area contributed by atoms with Crippen molar-refractivity contribution in [3.8, 4) is 22.5 Å². The second-order valence-electron chi connectivity index (χ2n) is 9.05. The number of hydrogen-bond donors (Lipinski definition) is 1. The minimum absolute atomic E-state index is 0.126. The SMILES string of the molecule is O=C(NC1CCCCn2c1nc(-c1ccncc1)cc2=O)c1c(-c2ccccc2)nnc2ccccc12. The summed E-state index contributed by atoms with van der Waals surface area (Å²) in [4.78, 5) is 36.0. The van der Waals surface area contributed by atoms with Gasteiger partial charge in [0.15, 0.2) is 0 Å². The Morgan fingerprint density at radius 3 is 2.51 bits per heavy atom. The summed E-state index contributed by atoms with van der Waals surface area (Å²) in [6, 6.07) is 21.8. The predicted octanol–water partition coefficient (Wildman–Crippen LogP) is 4.57. The molecular formula is C29H24N6O2. The van der Waals surface area contributed by atoms with E-state index in [1.165, 1.54) is 0 Å². The van der Waals surface area contributed by atoms with Gasteiger partial charge in [-0.15, -0.1) is 10.2 Å². The zero-order valence-corrected chi connectivity index (χ0v) is 20.0. The summed E-state index contributed by atoms with van der Waals surface area (Å²) in [6.07, 6.45) is 5.72. The molecule has 1 aliphatic rings. The second kappa shape index (κ2) is 9.73. The van der Waals surface area contributed by atoms with Gasteiger partial charge in [-0.2, -0.15) is 0 Å². The number of carbonyl (C=O) groups is 1. The molecule has 1 amide bonds. The molecule has 2 aromatic carbocycles. The number of aromatic nitrogens is 5. The van der Waals surface area contributed by atoms with Gasteiger partial charge in [-0.3, -0.25) is 19.1 Å². The Balaban J connectivity index is 1.45. The second-order valence-corrected chi connectivity index (χ2v) is 9.05. The Morgan fingerprint density at radius 1 is 0.892 bits per heavy atom. The highest BCUT2D eigenvalue weighted by atomic mass is 16.2. The van der Waals surface area contributed by atoms with Crippen molar-refractivity contribution in [2.45, 2.75) is 31.8 Å². The van der Waals surface area contributed by atoms with E-state index in [-0.39, 0.29) is 11.5 Å². The Labute approximate surface area is 213 Å². The van der Waals surface area contributed by atoms with E-state index in [0.717, 1.165) is 29.4 Å². The van der Waals surface area contributed by atoms with Crippen LogP contribution >= 0.6 is 0 Å². The maximum Gasteiger partial charge on any atom is 0.254 e. The van der Waals surface area contributed by atoms with E-state index in [2.05, 4.69) is 20.5 Å². The molecule has 0 saturated heterocycles. The van der Waals surface area contributed by atoms with E-state index in [1.807, 2.05) is 66.7 Å². The number of carbonyl (C=O) groups excluding carboxylic acids is 1. The van der Waals surface area contributed by atoms with Gasteiger partial charge in [0, 0.05) is 41.5 Å². The Kier molecular flexibility index (Phi) is 5.98. The first-order valence-electron chi connectivity index (χ1n) is 12.3. The lowest BCUT2D eigenvalue weighted by Crippen LogP contribution is -2.34. The number of nitrogens with one attached hydrogen (secondary N) is 1. The lowest BCUT2D eigenvalue weighted by atomic mass is 10.0. The van der Waals surface area contributed by atoms with Gasteiger partial charge in [0.05, 0.1) is 22.8 Å². The molecule has 3 aromatic heterocycles. The van der Waals surface area contributed by atoms with Crippen LogP contribution in [-0.4, -0.2) is 30.6 Å². The molecule has 4 heterocycles. The van der Waals surface area contributed by atoms with Gasteiger partial charge in [-0.25, -0.2) is 4.98 Å². The molecule has 8 heteroatoms. The van der Waals surface area contributed by atoms with Gasteiger partial charge < -0.3 is 5.32 Å². The zero-order valence-electron chi connectivity index (χ0n) is 20.0. The molecule has 5 aromatic rings. The molecule has 6 rings (SSSR count). The first-order valence-corrected chi connectivity index (χ1v) is 12.3. The summed E-state index contributed by atoms with van der Waals surface area (Å²) in [5.41, 5.74) is 3.67. The number of nitrogens with zero attached hydrogens (tertiary/aromatic N) is 5. The summed E-state index contributed by atoms with van der Waals surface area (Å²) < 4.78 is 1.68. The first kappa shape index (κ1) is 22.7. The van der Waals surface area contributed by atoms with Crippen LogP contribution in [0.1, 0.15) is 41.5 Å². The van der Waals surface area contributed by atoms with Crippen molar-refractivity contribution in [3.63, 3.8) is 0 Å². The van der Waals surface area contributed by atoms with Gasteiger partial charge in [0.2, 0.25) is 0 Å². The first-order chi connectivity index (χ1) is 18.2. The topological polar surface area (TPSA) is 103 Å². The highest BCUT2D eigenvalue weighted by molar-refractivity contribution is 6.10. The zero-order chi connectivity index (χ0) is 25.2. The molecule has 0 spiro atoms. The summed E-state index contributed by atoms with van der Waals surface area (Å²) in [7, 11) is 0. The molecule has 0 fully saturated rings. The molecule has 8 nitrogen and oxygen atoms in total. The fraction of sp³-hybridized carbons (Fsp3) is 0.172. The van der Waals surface area contributed by atoms with Crippen LogP contribution in [0.2, 0.25) is 0 Å². The molecule has 37 heavy (non-hydrogen) atoms. The third kappa shape index (κ3) is 4.38. The quantitative estimate of drug-likeness (QED) is 0.398. The largest absolute Gasteiger partial charge is 0.342 e. The molecule has 0 bridgehead atoms. The van der Waals surface area contributed by atoms with Crippen LogP contribution < -0.4 is 10.9 Å². The van der Waals surface area contributed by atoms with Crippen LogP contribution in [0.25, 0.3) is 33.4 Å². The molecule has 0 saturated carbocycles. The third-order valence-electron chi connectivity index (χ3n) is 6.70. The molecule has 1 unspecified atom stereocenters. The van der Waals surface area contributed by atoms with Gasteiger partial charge in [-0.1, -0.05) is 48.5 Å². The van der Waals surface area contributed by atoms with Crippen molar-refractivity contribution in [2.75, 3.05) is 0 Å². The number of benzene rings is 2. The van der Waals surface area contributed by atoms with E-state index >= 15 is 0 Å². The number of fused-ring (bicyclic) bond motifs is 2. The summed E-state index contributed by atoms with van der Waals surface area (Å²) in [5.74, 6) is 0.296. The maximum absolute atomic E-state index is 14.0. The van der Waals surface area contributed by atoms with Gasteiger partial charge >= 0.3 is 0 Å². The minimum atomic E-state index is -0.431. The van der Waals surface area contributed by atoms with Crippen LogP contribution in [0.5, 0.6) is 0 Å². The van der Waals surface area contributed by atoms with Crippen molar-refractivity contribution in [1.29, 1.82) is 0 Å². The summed E-state index contributed by atoms with van der Waals surface area (Å²) in [5, 5.41) is 12.7. The molecule has 1 atom stereocenters. The summed E-state index contributed by atoms with van der Waals surface area (Å²) in [6.45, 7) is 0.569. The van der Waals surface area contributed by atoms with E-state index in [9.17, 15) is 9.59 Å². The number of amides is 1. The van der Waals surface area contributed by atoms with E-state index in [1.54, 1.807) is 23.0 Å². The number of pyridine rings is 1. The standard InChI is InChI=1S/C29H24N6O2/c36-25-18-24(19-13-15-30-16-14-19)31-28-23(12-6-7-17-35(25)28)32-29(37)26-21-10-4-5-11-22(21)33-34-27(26)20-8-2-1-3-9-20/h1-5,8-11,13-16,18,23H,6-7,12,17H2,(H,32,37). The molecule has 1 aliphatic heterocycles. The van der Waals surface area contributed by atoms with Crippen molar-refractivity contribution < 1.29 is 4.79 Å². The van der Waals surface area contributed by atoms with Gasteiger partial charge in [0.25, 0.3) is 11.5 Å². The van der Waals surface area contributed by atoms with Crippen molar-refractivity contribution >= 4 is 16.8 Å². The average molecular weight is 489 g/mol. The van der Waals surface area contributed by atoms with Gasteiger partial charge in [-0.05, 0) is 37.5 Å². The van der Waals surface area contributed by atoms with Crippen LogP contribution in [0.4, 0.5) is 0 Å². The molecule has 0 radical (unpaired) electrons. The van der Waals surface area contributed by atoms with Crippen molar-refractivity contribution in [2.24, 2.45) is 0 Å². The smallest absolute Gasteiger partial charge is 0.254 e. The molecule has 1 N–H and O–H groups in total. The van der Waals surface area contributed by atoms with E-state index < -0.39 is 6.04 Å². The monoisotopic (exact) mass is 488 g/mol.